The molecule has 0 atom stereocenters. The SMILES string of the molecule is Cc1cc(O)cc(Oc2nc(Cl)nc3ccccc23)c1. The first-order chi connectivity index (χ1) is 9.61. The van der Waals surface area contributed by atoms with Crippen molar-refractivity contribution < 1.29 is 9.84 Å². The largest absolute Gasteiger partial charge is 0.508 e. The molecule has 0 unspecified atom stereocenters. The van der Waals surface area contributed by atoms with Crippen LogP contribution in [0.5, 0.6) is 17.4 Å². The lowest BCUT2D eigenvalue weighted by Gasteiger charge is -2.09. The summed E-state index contributed by atoms with van der Waals surface area (Å²) < 4.78 is 5.74. The van der Waals surface area contributed by atoms with Crippen LogP contribution in [0.25, 0.3) is 10.9 Å². The zero-order valence-corrected chi connectivity index (χ0v) is 11.4. The topological polar surface area (TPSA) is 55.2 Å². The Bertz CT molecular complexity index is 770. The molecule has 20 heavy (non-hydrogen) atoms. The highest BCUT2D eigenvalue weighted by molar-refractivity contribution is 6.28. The molecule has 0 fully saturated rings. The van der Waals surface area contributed by atoms with Gasteiger partial charge in [-0.05, 0) is 48.4 Å². The molecule has 1 heterocycles. The highest BCUT2D eigenvalue weighted by atomic mass is 35.5. The molecule has 0 spiro atoms. The Morgan fingerprint density at radius 2 is 1.90 bits per heavy atom. The highest BCUT2D eigenvalue weighted by Gasteiger charge is 2.09. The molecule has 0 radical (unpaired) electrons. The fraction of sp³-hybridized carbons (Fsp3) is 0.0667. The van der Waals surface area contributed by atoms with Crippen LogP contribution in [0.4, 0.5) is 0 Å². The van der Waals surface area contributed by atoms with E-state index < -0.39 is 0 Å². The number of aromatic hydroxyl groups is 1. The molecular formula is C15H11ClN2O2. The number of phenols is 1. The molecule has 5 heteroatoms. The average Bonchev–Trinajstić information content (AvgIpc) is 2.37. The Morgan fingerprint density at radius 3 is 2.70 bits per heavy atom. The molecule has 1 N–H and O–H groups in total. The van der Waals surface area contributed by atoms with Crippen LogP contribution in [0.2, 0.25) is 5.28 Å². The minimum absolute atomic E-state index is 0.121. The Labute approximate surface area is 120 Å². The second-order valence-corrected chi connectivity index (χ2v) is 4.76. The summed E-state index contributed by atoms with van der Waals surface area (Å²) in [6.45, 7) is 1.87. The van der Waals surface area contributed by atoms with Crippen LogP contribution in [-0.4, -0.2) is 15.1 Å². The molecule has 0 saturated carbocycles. The number of benzene rings is 2. The molecule has 0 saturated heterocycles. The molecule has 0 aliphatic carbocycles. The summed E-state index contributed by atoms with van der Waals surface area (Å²) in [6, 6.07) is 12.4. The summed E-state index contributed by atoms with van der Waals surface area (Å²) in [5.74, 6) is 1.01. The van der Waals surface area contributed by atoms with E-state index in [-0.39, 0.29) is 11.0 Å². The number of phenolic OH excluding ortho intramolecular Hbond substituents is 1. The van der Waals surface area contributed by atoms with Crippen LogP contribution in [0.1, 0.15) is 5.56 Å². The van der Waals surface area contributed by atoms with Crippen molar-refractivity contribution >= 4 is 22.5 Å². The fourth-order valence-corrected chi connectivity index (χ4v) is 2.16. The predicted octanol–water partition coefficient (Wildman–Crippen LogP) is 4.09. The lowest BCUT2D eigenvalue weighted by Crippen LogP contribution is -1.93. The Kier molecular flexibility index (Phi) is 3.16. The van der Waals surface area contributed by atoms with Gasteiger partial charge in [-0.2, -0.15) is 4.98 Å². The van der Waals surface area contributed by atoms with Crippen molar-refractivity contribution in [2.75, 3.05) is 0 Å². The van der Waals surface area contributed by atoms with E-state index in [1.165, 1.54) is 6.07 Å². The minimum Gasteiger partial charge on any atom is -0.508 e. The lowest BCUT2D eigenvalue weighted by atomic mass is 10.2. The smallest absolute Gasteiger partial charge is 0.231 e. The number of hydrogen-bond acceptors (Lipinski definition) is 4. The number of aromatic nitrogens is 2. The van der Waals surface area contributed by atoms with Gasteiger partial charge in [-0.3, -0.25) is 0 Å². The normalized spacial score (nSPS) is 10.7. The van der Waals surface area contributed by atoms with E-state index in [0.717, 1.165) is 10.9 Å². The van der Waals surface area contributed by atoms with Gasteiger partial charge in [0.1, 0.15) is 11.5 Å². The van der Waals surface area contributed by atoms with E-state index in [2.05, 4.69) is 9.97 Å². The molecule has 1 aromatic heterocycles. The van der Waals surface area contributed by atoms with Gasteiger partial charge in [0.05, 0.1) is 10.9 Å². The molecular weight excluding hydrogens is 276 g/mol. The second-order valence-electron chi connectivity index (χ2n) is 4.42. The zero-order valence-electron chi connectivity index (χ0n) is 10.7. The maximum Gasteiger partial charge on any atom is 0.231 e. The van der Waals surface area contributed by atoms with Crippen LogP contribution in [0.3, 0.4) is 0 Å². The first-order valence-electron chi connectivity index (χ1n) is 6.02. The van der Waals surface area contributed by atoms with Crippen molar-refractivity contribution in [1.82, 2.24) is 9.97 Å². The van der Waals surface area contributed by atoms with Gasteiger partial charge in [0, 0.05) is 6.07 Å². The van der Waals surface area contributed by atoms with E-state index in [1.807, 2.05) is 37.3 Å². The average molecular weight is 287 g/mol. The number of nitrogens with zero attached hydrogens (tertiary/aromatic N) is 2. The molecule has 2 aromatic carbocycles. The summed E-state index contributed by atoms with van der Waals surface area (Å²) in [7, 11) is 0. The summed E-state index contributed by atoms with van der Waals surface area (Å²) in [6.07, 6.45) is 0. The Hall–Kier alpha value is -2.33. The van der Waals surface area contributed by atoms with Crippen molar-refractivity contribution in [3.8, 4) is 17.4 Å². The van der Waals surface area contributed by atoms with Crippen molar-refractivity contribution in [3.05, 3.63) is 53.3 Å². The van der Waals surface area contributed by atoms with E-state index in [0.29, 0.717) is 17.1 Å². The third-order valence-corrected chi connectivity index (χ3v) is 2.96. The first kappa shape index (κ1) is 12.7. The molecule has 4 nitrogen and oxygen atoms in total. The van der Waals surface area contributed by atoms with E-state index in [4.69, 9.17) is 16.3 Å². The van der Waals surface area contributed by atoms with Crippen LogP contribution >= 0.6 is 11.6 Å². The van der Waals surface area contributed by atoms with Crippen LogP contribution in [-0.2, 0) is 0 Å². The third kappa shape index (κ3) is 2.51. The maximum atomic E-state index is 9.60. The summed E-state index contributed by atoms with van der Waals surface area (Å²) >= 11 is 5.90. The van der Waals surface area contributed by atoms with Crippen molar-refractivity contribution in [1.29, 1.82) is 0 Å². The van der Waals surface area contributed by atoms with Gasteiger partial charge in [0.2, 0.25) is 11.2 Å². The van der Waals surface area contributed by atoms with E-state index >= 15 is 0 Å². The zero-order chi connectivity index (χ0) is 14.1. The summed E-state index contributed by atoms with van der Waals surface area (Å²) in [4.78, 5) is 8.24. The number of fused-ring (bicyclic) bond motifs is 1. The van der Waals surface area contributed by atoms with Gasteiger partial charge in [-0.1, -0.05) is 12.1 Å². The quantitative estimate of drug-likeness (QED) is 0.721. The predicted molar refractivity (Wildman–Crippen MR) is 77.5 cm³/mol. The van der Waals surface area contributed by atoms with E-state index in [9.17, 15) is 5.11 Å². The van der Waals surface area contributed by atoms with E-state index in [1.54, 1.807) is 6.07 Å². The fourth-order valence-electron chi connectivity index (χ4n) is 2.00. The summed E-state index contributed by atoms with van der Waals surface area (Å²) in [5.41, 5.74) is 1.60. The molecule has 0 bridgehead atoms. The van der Waals surface area contributed by atoms with Crippen molar-refractivity contribution in [3.63, 3.8) is 0 Å². The second kappa shape index (κ2) is 4.98. The van der Waals surface area contributed by atoms with Gasteiger partial charge < -0.3 is 9.84 Å². The molecule has 0 aliphatic rings. The number of hydrogen-bond donors (Lipinski definition) is 1. The van der Waals surface area contributed by atoms with Gasteiger partial charge in [0.25, 0.3) is 0 Å². The Morgan fingerprint density at radius 1 is 1.10 bits per heavy atom. The molecule has 3 rings (SSSR count). The molecule has 3 aromatic rings. The third-order valence-electron chi connectivity index (χ3n) is 2.79. The maximum absolute atomic E-state index is 9.60. The van der Waals surface area contributed by atoms with Crippen LogP contribution in [0, 0.1) is 6.92 Å². The lowest BCUT2D eigenvalue weighted by molar-refractivity contribution is 0.448. The molecule has 0 amide bonds. The van der Waals surface area contributed by atoms with Gasteiger partial charge >= 0.3 is 0 Å². The molecule has 0 aliphatic heterocycles. The Balaban J connectivity index is 2.10. The van der Waals surface area contributed by atoms with Crippen molar-refractivity contribution in [2.24, 2.45) is 0 Å². The number of ether oxygens (including phenoxy) is 1. The standard InChI is InChI=1S/C15H11ClN2O2/c1-9-6-10(19)8-11(7-9)20-14-12-4-2-3-5-13(12)17-15(16)18-14/h2-8,19H,1H3. The summed E-state index contributed by atoms with van der Waals surface area (Å²) in [5, 5.41) is 10.5. The highest BCUT2D eigenvalue weighted by Crippen LogP contribution is 2.30. The molecule has 100 valence electrons. The number of aryl methyl sites for hydroxylation is 1. The number of rotatable bonds is 2. The monoisotopic (exact) mass is 286 g/mol. The number of para-hydroxylation sites is 1. The van der Waals surface area contributed by atoms with Crippen LogP contribution in [0.15, 0.2) is 42.5 Å². The van der Waals surface area contributed by atoms with Crippen molar-refractivity contribution in [2.45, 2.75) is 6.92 Å². The minimum atomic E-state index is 0.121. The van der Waals surface area contributed by atoms with Gasteiger partial charge in [-0.15, -0.1) is 0 Å². The van der Waals surface area contributed by atoms with Crippen LogP contribution < -0.4 is 4.74 Å². The van der Waals surface area contributed by atoms with Gasteiger partial charge in [0.15, 0.2) is 0 Å². The number of halogens is 1. The van der Waals surface area contributed by atoms with Gasteiger partial charge in [-0.25, -0.2) is 4.98 Å². The first-order valence-corrected chi connectivity index (χ1v) is 6.40.